The second-order valence-corrected chi connectivity index (χ2v) is 4.76. The fourth-order valence-electron chi connectivity index (χ4n) is 1.64. The summed E-state index contributed by atoms with van der Waals surface area (Å²) in [6, 6.07) is 2.76. The van der Waals surface area contributed by atoms with E-state index in [9.17, 15) is 9.18 Å². The van der Waals surface area contributed by atoms with Crippen LogP contribution in [0.2, 0.25) is 5.02 Å². The Kier molecular flexibility index (Phi) is 2.35. The van der Waals surface area contributed by atoms with Gasteiger partial charge in [0.25, 0.3) is 0 Å². The zero-order valence-corrected chi connectivity index (χ0v) is 10.0. The molecular weight excluding hydrogens is 231 g/mol. The highest BCUT2D eigenvalue weighted by atomic mass is 35.5. The number of carbonyl (C=O) groups is 1. The molecule has 1 aliphatic rings. The van der Waals surface area contributed by atoms with Crippen molar-refractivity contribution in [2.75, 3.05) is 17.3 Å². The van der Waals surface area contributed by atoms with Crippen molar-refractivity contribution in [1.29, 1.82) is 0 Å². The first-order valence-corrected chi connectivity index (χ1v) is 5.26. The second-order valence-electron chi connectivity index (χ2n) is 4.36. The maximum atomic E-state index is 13.3. The van der Waals surface area contributed by atoms with Gasteiger partial charge in [-0.2, -0.15) is 0 Å². The lowest BCUT2D eigenvalue weighted by Gasteiger charge is -2.41. The molecule has 16 heavy (non-hydrogen) atoms. The third-order valence-electron chi connectivity index (χ3n) is 3.04. The number of amides is 1. The monoisotopic (exact) mass is 242 g/mol. The summed E-state index contributed by atoms with van der Waals surface area (Å²) in [4.78, 5) is 13.6. The van der Waals surface area contributed by atoms with Gasteiger partial charge in [-0.3, -0.25) is 4.79 Å². The average molecular weight is 243 g/mol. The van der Waals surface area contributed by atoms with Crippen molar-refractivity contribution in [2.45, 2.75) is 19.4 Å². The van der Waals surface area contributed by atoms with Gasteiger partial charge in [-0.1, -0.05) is 11.6 Å². The number of nitrogens with zero attached hydrogens (tertiary/aromatic N) is 1. The quantitative estimate of drug-likeness (QED) is 0.759. The van der Waals surface area contributed by atoms with Crippen LogP contribution in [0.4, 0.5) is 15.8 Å². The van der Waals surface area contributed by atoms with Gasteiger partial charge in [0.05, 0.1) is 16.4 Å². The van der Waals surface area contributed by atoms with Crippen molar-refractivity contribution in [3.8, 4) is 0 Å². The lowest BCUT2D eigenvalue weighted by atomic mass is 9.97. The molecule has 0 radical (unpaired) electrons. The Morgan fingerprint density at radius 1 is 1.44 bits per heavy atom. The van der Waals surface area contributed by atoms with Crippen molar-refractivity contribution in [3.63, 3.8) is 0 Å². The fraction of sp³-hybridized carbons (Fsp3) is 0.364. The standard InChI is InChI=1S/C11H12ClFN2O/c1-11(2)10(16)14-8-5-7(13)6(12)4-9(8)15(11)3/h4-5H,1-3H3,(H,14,16). The van der Waals surface area contributed by atoms with Crippen LogP contribution in [0.15, 0.2) is 12.1 Å². The number of carbonyl (C=O) groups excluding carboxylic acids is 1. The molecule has 0 aromatic heterocycles. The normalized spacial score (nSPS) is 18.1. The summed E-state index contributed by atoms with van der Waals surface area (Å²) in [6.07, 6.45) is 0. The van der Waals surface area contributed by atoms with Gasteiger partial charge in [0.15, 0.2) is 0 Å². The molecule has 1 amide bonds. The third kappa shape index (κ3) is 1.45. The molecule has 0 fully saturated rings. The minimum atomic E-state index is -0.672. The van der Waals surface area contributed by atoms with Crippen molar-refractivity contribution >= 4 is 28.9 Å². The number of nitrogens with one attached hydrogen (secondary N) is 1. The molecular formula is C11H12ClFN2O. The molecule has 3 nitrogen and oxygen atoms in total. The van der Waals surface area contributed by atoms with Crippen molar-refractivity contribution in [1.82, 2.24) is 0 Å². The van der Waals surface area contributed by atoms with E-state index in [1.165, 1.54) is 12.1 Å². The Balaban J connectivity index is 2.60. The van der Waals surface area contributed by atoms with E-state index in [1.807, 2.05) is 0 Å². The Bertz CT molecular complexity index is 473. The topological polar surface area (TPSA) is 32.3 Å². The predicted octanol–water partition coefficient (Wildman–Crippen LogP) is 2.65. The lowest BCUT2D eigenvalue weighted by molar-refractivity contribution is -0.120. The fourth-order valence-corrected chi connectivity index (χ4v) is 1.80. The number of anilines is 2. The number of hydrogen-bond donors (Lipinski definition) is 1. The molecule has 0 bridgehead atoms. The zero-order chi connectivity index (χ0) is 12.1. The van der Waals surface area contributed by atoms with Crippen LogP contribution in [0.3, 0.4) is 0 Å². The van der Waals surface area contributed by atoms with Crippen LogP contribution in [0, 0.1) is 5.82 Å². The van der Waals surface area contributed by atoms with E-state index < -0.39 is 11.4 Å². The predicted molar refractivity (Wildman–Crippen MR) is 62.5 cm³/mol. The number of halogens is 2. The summed E-state index contributed by atoms with van der Waals surface area (Å²) < 4.78 is 13.3. The van der Waals surface area contributed by atoms with E-state index in [-0.39, 0.29) is 10.9 Å². The van der Waals surface area contributed by atoms with Crippen molar-refractivity contribution < 1.29 is 9.18 Å². The molecule has 1 N–H and O–H groups in total. The van der Waals surface area contributed by atoms with Crippen LogP contribution in [0.1, 0.15) is 13.8 Å². The van der Waals surface area contributed by atoms with Gasteiger partial charge < -0.3 is 10.2 Å². The summed E-state index contributed by atoms with van der Waals surface area (Å²) >= 11 is 5.73. The van der Waals surface area contributed by atoms with Crippen molar-refractivity contribution in [2.24, 2.45) is 0 Å². The molecule has 86 valence electrons. The summed E-state index contributed by atoms with van der Waals surface area (Å²) in [6.45, 7) is 3.59. The van der Waals surface area contributed by atoms with Crippen molar-refractivity contribution in [3.05, 3.63) is 23.0 Å². The maximum Gasteiger partial charge on any atom is 0.249 e. The van der Waals surface area contributed by atoms with E-state index in [0.29, 0.717) is 5.69 Å². The van der Waals surface area contributed by atoms with Crippen LogP contribution < -0.4 is 10.2 Å². The molecule has 1 heterocycles. The minimum Gasteiger partial charge on any atom is -0.359 e. The van der Waals surface area contributed by atoms with Gasteiger partial charge in [-0.15, -0.1) is 0 Å². The lowest BCUT2D eigenvalue weighted by Crippen LogP contribution is -2.54. The van der Waals surface area contributed by atoms with Gasteiger partial charge >= 0.3 is 0 Å². The van der Waals surface area contributed by atoms with E-state index >= 15 is 0 Å². The molecule has 2 rings (SSSR count). The minimum absolute atomic E-state index is 0.0533. The highest BCUT2D eigenvalue weighted by Crippen LogP contribution is 2.38. The SMILES string of the molecule is CN1c2cc(Cl)c(F)cc2NC(=O)C1(C)C. The highest BCUT2D eigenvalue weighted by molar-refractivity contribution is 6.31. The number of benzene rings is 1. The molecule has 5 heteroatoms. The molecule has 0 aliphatic carbocycles. The van der Waals surface area contributed by atoms with Gasteiger partial charge in [-0.25, -0.2) is 4.39 Å². The van der Waals surface area contributed by atoms with Crippen LogP contribution in [0.25, 0.3) is 0 Å². The molecule has 1 aromatic carbocycles. The van der Waals surface area contributed by atoms with Gasteiger partial charge in [0.2, 0.25) is 5.91 Å². The van der Waals surface area contributed by atoms with Crippen LogP contribution >= 0.6 is 11.6 Å². The van der Waals surface area contributed by atoms with E-state index in [1.54, 1.807) is 25.8 Å². The van der Waals surface area contributed by atoms with Crippen LogP contribution in [-0.4, -0.2) is 18.5 Å². The van der Waals surface area contributed by atoms with E-state index in [2.05, 4.69) is 5.32 Å². The second kappa shape index (κ2) is 3.35. The molecule has 1 aliphatic heterocycles. The molecule has 0 spiro atoms. The molecule has 1 aromatic rings. The summed E-state index contributed by atoms with van der Waals surface area (Å²) in [5.74, 6) is -0.696. The smallest absolute Gasteiger partial charge is 0.249 e. The zero-order valence-electron chi connectivity index (χ0n) is 9.27. The van der Waals surface area contributed by atoms with E-state index in [0.717, 1.165) is 5.69 Å². The molecule has 0 saturated heterocycles. The Hall–Kier alpha value is -1.29. The third-order valence-corrected chi connectivity index (χ3v) is 3.33. The molecule has 0 unspecified atom stereocenters. The summed E-state index contributed by atoms with van der Waals surface area (Å²) in [5.41, 5.74) is 0.499. The Morgan fingerprint density at radius 2 is 2.06 bits per heavy atom. The van der Waals surface area contributed by atoms with Crippen LogP contribution in [0.5, 0.6) is 0 Å². The average Bonchev–Trinajstić information content (AvgIpc) is 2.20. The Labute approximate surface area is 98.2 Å². The number of hydrogen-bond acceptors (Lipinski definition) is 2. The Morgan fingerprint density at radius 3 is 2.69 bits per heavy atom. The number of rotatable bonds is 0. The largest absolute Gasteiger partial charge is 0.359 e. The van der Waals surface area contributed by atoms with Crippen LogP contribution in [-0.2, 0) is 4.79 Å². The van der Waals surface area contributed by atoms with Gasteiger partial charge in [-0.05, 0) is 19.9 Å². The van der Waals surface area contributed by atoms with E-state index in [4.69, 9.17) is 11.6 Å². The maximum absolute atomic E-state index is 13.3. The summed E-state index contributed by atoms with van der Waals surface area (Å²) in [5, 5.41) is 2.72. The summed E-state index contributed by atoms with van der Waals surface area (Å²) in [7, 11) is 1.78. The molecule has 0 atom stereocenters. The van der Waals surface area contributed by atoms with Gasteiger partial charge in [0.1, 0.15) is 11.4 Å². The first-order valence-electron chi connectivity index (χ1n) is 4.88. The number of likely N-dealkylation sites (N-methyl/N-ethyl adjacent to an activating group) is 1. The first-order chi connectivity index (χ1) is 7.34. The first kappa shape index (κ1) is 11.2. The molecule has 0 saturated carbocycles. The number of fused-ring (bicyclic) bond motifs is 1. The highest BCUT2D eigenvalue weighted by Gasteiger charge is 2.38. The van der Waals surface area contributed by atoms with Gasteiger partial charge in [0, 0.05) is 13.1 Å².